The lowest BCUT2D eigenvalue weighted by Crippen LogP contribution is -2.53. The number of rotatable bonds is 5. The van der Waals surface area contributed by atoms with Crippen molar-refractivity contribution in [2.75, 3.05) is 0 Å². The van der Waals surface area contributed by atoms with E-state index in [4.69, 9.17) is 16.7 Å². The van der Waals surface area contributed by atoms with Crippen LogP contribution in [0.15, 0.2) is 24.3 Å². The number of hydrogen-bond donors (Lipinski definition) is 3. The number of aliphatic hydroxyl groups excluding tert-OH is 1. The van der Waals surface area contributed by atoms with Gasteiger partial charge in [0.25, 0.3) is 0 Å². The highest BCUT2D eigenvalue weighted by molar-refractivity contribution is 6.31. The van der Waals surface area contributed by atoms with E-state index in [-0.39, 0.29) is 0 Å². The van der Waals surface area contributed by atoms with Gasteiger partial charge in [-0.2, -0.15) is 0 Å². The molecule has 1 aromatic rings. The number of aliphatic hydroxyl groups is 1. The second-order valence-electron chi connectivity index (χ2n) is 4.16. The van der Waals surface area contributed by atoms with Gasteiger partial charge in [0.05, 0.1) is 11.6 Å². The van der Waals surface area contributed by atoms with E-state index < -0.39 is 17.7 Å². The molecule has 5 heteroatoms. The number of carboxylic acid groups (broad SMARTS) is 1. The Labute approximate surface area is 112 Å². The van der Waals surface area contributed by atoms with Crippen molar-refractivity contribution in [1.29, 1.82) is 0 Å². The SMILES string of the molecule is CCC(O)C(CC)(NC(=O)O)c1ccccc1Cl. The standard InChI is InChI=1S/C13H18ClNO3/c1-3-11(16)13(4-2,15-12(17)18)9-7-5-6-8-10(9)14/h5-8,11,15-16H,3-4H2,1-2H3,(H,17,18). The molecule has 0 bridgehead atoms. The number of nitrogens with one attached hydrogen (secondary N) is 1. The average Bonchev–Trinajstić information content (AvgIpc) is 2.35. The molecule has 18 heavy (non-hydrogen) atoms. The van der Waals surface area contributed by atoms with Gasteiger partial charge in [-0.1, -0.05) is 43.6 Å². The third-order valence-electron chi connectivity index (χ3n) is 3.20. The topological polar surface area (TPSA) is 69.6 Å². The molecule has 0 saturated heterocycles. The largest absolute Gasteiger partial charge is 0.465 e. The van der Waals surface area contributed by atoms with Gasteiger partial charge in [0.15, 0.2) is 0 Å². The number of benzene rings is 1. The molecule has 1 aromatic carbocycles. The molecule has 2 atom stereocenters. The summed E-state index contributed by atoms with van der Waals surface area (Å²) >= 11 is 6.13. The Morgan fingerprint density at radius 2 is 2.06 bits per heavy atom. The van der Waals surface area contributed by atoms with E-state index in [1.165, 1.54) is 0 Å². The van der Waals surface area contributed by atoms with Crippen LogP contribution in [0, 0.1) is 0 Å². The van der Waals surface area contributed by atoms with E-state index in [1.807, 2.05) is 6.92 Å². The Kier molecular flexibility index (Phi) is 4.99. The van der Waals surface area contributed by atoms with Crippen LogP contribution in [0.5, 0.6) is 0 Å². The first-order chi connectivity index (χ1) is 8.47. The van der Waals surface area contributed by atoms with Crippen molar-refractivity contribution in [2.24, 2.45) is 0 Å². The highest BCUT2D eigenvalue weighted by Crippen LogP contribution is 2.35. The highest BCUT2D eigenvalue weighted by atomic mass is 35.5. The fourth-order valence-electron chi connectivity index (χ4n) is 2.21. The molecule has 0 radical (unpaired) electrons. The van der Waals surface area contributed by atoms with Gasteiger partial charge in [0.1, 0.15) is 0 Å². The Balaban J connectivity index is 3.34. The Bertz CT molecular complexity index is 424. The summed E-state index contributed by atoms with van der Waals surface area (Å²) in [5.74, 6) is 0. The number of carbonyl (C=O) groups is 1. The molecule has 4 nitrogen and oxygen atoms in total. The Morgan fingerprint density at radius 1 is 1.44 bits per heavy atom. The molecule has 0 aliphatic rings. The number of halogens is 1. The van der Waals surface area contributed by atoms with Crippen molar-refractivity contribution in [2.45, 2.75) is 38.3 Å². The predicted molar refractivity (Wildman–Crippen MR) is 70.9 cm³/mol. The fraction of sp³-hybridized carbons (Fsp3) is 0.462. The van der Waals surface area contributed by atoms with Crippen LogP contribution in [0.1, 0.15) is 32.3 Å². The van der Waals surface area contributed by atoms with E-state index >= 15 is 0 Å². The summed E-state index contributed by atoms with van der Waals surface area (Å²) in [4.78, 5) is 11.0. The summed E-state index contributed by atoms with van der Waals surface area (Å²) in [7, 11) is 0. The smallest absolute Gasteiger partial charge is 0.405 e. The lowest BCUT2D eigenvalue weighted by Gasteiger charge is -2.38. The lowest BCUT2D eigenvalue weighted by molar-refractivity contribution is 0.0500. The number of hydrogen-bond acceptors (Lipinski definition) is 2. The highest BCUT2D eigenvalue weighted by Gasteiger charge is 2.40. The van der Waals surface area contributed by atoms with Gasteiger partial charge >= 0.3 is 6.09 Å². The van der Waals surface area contributed by atoms with Crippen LogP contribution < -0.4 is 5.32 Å². The zero-order valence-electron chi connectivity index (χ0n) is 10.5. The van der Waals surface area contributed by atoms with Crippen molar-refractivity contribution in [3.05, 3.63) is 34.9 Å². The van der Waals surface area contributed by atoms with E-state index in [0.717, 1.165) is 0 Å². The van der Waals surface area contributed by atoms with Crippen LogP contribution in [-0.4, -0.2) is 22.4 Å². The molecular weight excluding hydrogens is 254 g/mol. The molecule has 0 aromatic heterocycles. The molecule has 100 valence electrons. The Hall–Kier alpha value is -1.26. The van der Waals surface area contributed by atoms with E-state index in [9.17, 15) is 9.90 Å². The quantitative estimate of drug-likeness (QED) is 0.771. The molecule has 1 amide bonds. The molecule has 2 unspecified atom stereocenters. The van der Waals surface area contributed by atoms with Crippen molar-refractivity contribution in [3.63, 3.8) is 0 Å². The molecule has 0 saturated carbocycles. The third kappa shape index (κ3) is 2.76. The molecular formula is C13H18ClNO3. The van der Waals surface area contributed by atoms with Crippen molar-refractivity contribution < 1.29 is 15.0 Å². The maximum atomic E-state index is 11.0. The van der Waals surface area contributed by atoms with Crippen LogP contribution in [0.4, 0.5) is 4.79 Å². The van der Waals surface area contributed by atoms with Gasteiger partial charge in [0, 0.05) is 5.02 Å². The summed E-state index contributed by atoms with van der Waals surface area (Å²) < 4.78 is 0. The molecule has 1 rings (SSSR count). The monoisotopic (exact) mass is 271 g/mol. The van der Waals surface area contributed by atoms with E-state index in [2.05, 4.69) is 5.32 Å². The first-order valence-corrected chi connectivity index (χ1v) is 6.29. The minimum Gasteiger partial charge on any atom is -0.465 e. The maximum Gasteiger partial charge on any atom is 0.405 e. The van der Waals surface area contributed by atoms with Gasteiger partial charge in [-0.25, -0.2) is 4.79 Å². The minimum atomic E-state index is -1.18. The second-order valence-corrected chi connectivity index (χ2v) is 4.57. The summed E-state index contributed by atoms with van der Waals surface area (Å²) in [6.45, 7) is 3.62. The van der Waals surface area contributed by atoms with Crippen LogP contribution >= 0.6 is 11.6 Å². The van der Waals surface area contributed by atoms with Crippen LogP contribution in [0.2, 0.25) is 5.02 Å². The third-order valence-corrected chi connectivity index (χ3v) is 3.53. The minimum absolute atomic E-state index is 0.415. The maximum absolute atomic E-state index is 11.0. The molecule has 0 fully saturated rings. The molecule has 0 heterocycles. The first-order valence-electron chi connectivity index (χ1n) is 5.92. The summed E-state index contributed by atoms with van der Waals surface area (Å²) in [5, 5.41) is 22.1. The van der Waals surface area contributed by atoms with Gasteiger partial charge in [-0.3, -0.25) is 0 Å². The van der Waals surface area contributed by atoms with Gasteiger partial charge < -0.3 is 15.5 Å². The van der Waals surface area contributed by atoms with Gasteiger partial charge in [-0.15, -0.1) is 0 Å². The molecule has 0 aliphatic heterocycles. The molecule has 0 spiro atoms. The molecule has 0 aliphatic carbocycles. The van der Waals surface area contributed by atoms with Gasteiger partial charge in [0.2, 0.25) is 0 Å². The average molecular weight is 272 g/mol. The summed E-state index contributed by atoms with van der Waals surface area (Å²) in [5.41, 5.74) is -0.468. The fourth-order valence-corrected chi connectivity index (χ4v) is 2.51. The van der Waals surface area contributed by atoms with Gasteiger partial charge in [-0.05, 0) is 24.5 Å². The number of amides is 1. The Morgan fingerprint density at radius 3 is 2.50 bits per heavy atom. The second kappa shape index (κ2) is 6.07. The van der Waals surface area contributed by atoms with Crippen LogP contribution in [0.3, 0.4) is 0 Å². The van der Waals surface area contributed by atoms with Crippen LogP contribution in [0.25, 0.3) is 0 Å². The summed E-state index contributed by atoms with van der Waals surface area (Å²) in [6, 6.07) is 6.97. The summed E-state index contributed by atoms with van der Waals surface area (Å²) in [6.07, 6.45) is -1.17. The lowest BCUT2D eigenvalue weighted by atomic mass is 9.81. The normalized spacial score (nSPS) is 15.8. The van der Waals surface area contributed by atoms with Crippen molar-refractivity contribution in [1.82, 2.24) is 5.32 Å². The van der Waals surface area contributed by atoms with E-state index in [1.54, 1.807) is 31.2 Å². The zero-order valence-corrected chi connectivity index (χ0v) is 11.2. The van der Waals surface area contributed by atoms with Crippen molar-refractivity contribution >= 4 is 17.7 Å². The first kappa shape index (κ1) is 14.8. The predicted octanol–water partition coefficient (Wildman–Crippen LogP) is 2.98. The molecule has 3 N–H and O–H groups in total. The zero-order chi connectivity index (χ0) is 13.8. The van der Waals surface area contributed by atoms with E-state index in [0.29, 0.717) is 23.4 Å². The van der Waals surface area contributed by atoms with Crippen LogP contribution in [-0.2, 0) is 5.54 Å². The van der Waals surface area contributed by atoms with Crippen molar-refractivity contribution in [3.8, 4) is 0 Å².